The minimum Gasteiger partial charge on any atom is -0.501 e. The highest BCUT2D eigenvalue weighted by molar-refractivity contribution is 5.96. The molecule has 0 amide bonds. The van der Waals surface area contributed by atoms with Crippen LogP contribution in [0.3, 0.4) is 0 Å². The molecule has 1 fully saturated rings. The Morgan fingerprint density at radius 2 is 2.25 bits per heavy atom. The highest BCUT2D eigenvalue weighted by atomic mass is 16.5. The van der Waals surface area contributed by atoms with Crippen LogP contribution in [0.2, 0.25) is 0 Å². The van der Waals surface area contributed by atoms with E-state index in [1.807, 2.05) is 0 Å². The Labute approximate surface area is 96.4 Å². The maximum Gasteiger partial charge on any atom is 0.175 e. The van der Waals surface area contributed by atoms with Gasteiger partial charge >= 0.3 is 0 Å². The van der Waals surface area contributed by atoms with Gasteiger partial charge in [-0.2, -0.15) is 0 Å². The molecular weight excluding hydrogens is 204 g/mol. The van der Waals surface area contributed by atoms with Gasteiger partial charge < -0.3 is 10.5 Å². The van der Waals surface area contributed by atoms with Gasteiger partial charge in [-0.25, -0.2) is 0 Å². The lowest BCUT2D eigenvalue weighted by Gasteiger charge is -2.29. The van der Waals surface area contributed by atoms with Gasteiger partial charge in [-0.15, -0.1) is 0 Å². The van der Waals surface area contributed by atoms with Crippen LogP contribution >= 0.6 is 0 Å². The number of rotatable bonds is 3. The van der Waals surface area contributed by atoms with Crippen molar-refractivity contribution in [2.45, 2.75) is 31.7 Å². The van der Waals surface area contributed by atoms with Crippen molar-refractivity contribution in [2.75, 3.05) is 26.2 Å². The summed E-state index contributed by atoms with van der Waals surface area (Å²) in [6, 6.07) is 0.323. The third-order valence-corrected chi connectivity index (χ3v) is 3.29. The molecule has 0 unspecified atom stereocenters. The van der Waals surface area contributed by atoms with Crippen LogP contribution in [-0.4, -0.2) is 43.0 Å². The molecule has 0 spiro atoms. The molecule has 0 bridgehead atoms. The lowest BCUT2D eigenvalue weighted by Crippen LogP contribution is -2.42. The van der Waals surface area contributed by atoms with E-state index in [9.17, 15) is 4.79 Å². The summed E-state index contributed by atoms with van der Waals surface area (Å²) in [7, 11) is 0. The number of carbonyl (C=O) groups is 1. The molecule has 2 aliphatic heterocycles. The summed E-state index contributed by atoms with van der Waals surface area (Å²) in [5, 5.41) is 0. The van der Waals surface area contributed by atoms with Gasteiger partial charge in [0.1, 0.15) is 0 Å². The minimum absolute atomic E-state index is 0.218. The van der Waals surface area contributed by atoms with Gasteiger partial charge in [0.2, 0.25) is 0 Å². The molecule has 2 rings (SSSR count). The molecular formula is C12H20N2O2. The average molecular weight is 224 g/mol. The van der Waals surface area contributed by atoms with E-state index in [1.165, 1.54) is 0 Å². The Hall–Kier alpha value is -0.870. The number of nitrogens with two attached hydrogens (primary N) is 1. The van der Waals surface area contributed by atoms with Crippen LogP contribution in [0, 0.1) is 0 Å². The van der Waals surface area contributed by atoms with E-state index in [0.29, 0.717) is 12.6 Å². The maximum atomic E-state index is 11.9. The van der Waals surface area contributed by atoms with Crippen molar-refractivity contribution >= 4 is 5.78 Å². The first-order valence-electron chi connectivity index (χ1n) is 6.07. The molecule has 0 aliphatic carbocycles. The Kier molecular flexibility index (Phi) is 3.96. The summed E-state index contributed by atoms with van der Waals surface area (Å²) in [5.74, 6) is 0.218. The topological polar surface area (TPSA) is 55.6 Å². The summed E-state index contributed by atoms with van der Waals surface area (Å²) >= 11 is 0. The van der Waals surface area contributed by atoms with Crippen LogP contribution in [0.15, 0.2) is 11.8 Å². The molecule has 1 saturated heterocycles. The molecule has 4 nitrogen and oxygen atoms in total. The summed E-state index contributed by atoms with van der Waals surface area (Å²) in [5.41, 5.74) is 6.68. The van der Waals surface area contributed by atoms with Gasteiger partial charge in [0, 0.05) is 24.7 Å². The van der Waals surface area contributed by atoms with E-state index >= 15 is 0 Å². The molecule has 90 valence electrons. The van der Waals surface area contributed by atoms with Crippen molar-refractivity contribution in [3.63, 3.8) is 0 Å². The van der Waals surface area contributed by atoms with E-state index in [4.69, 9.17) is 10.5 Å². The Balaban J connectivity index is 1.80. The number of Topliss-reactive ketones (excluding diaryl/α,β-unsaturated/α-hetero) is 1. The van der Waals surface area contributed by atoms with Crippen LogP contribution in [-0.2, 0) is 9.53 Å². The summed E-state index contributed by atoms with van der Waals surface area (Å²) in [6.45, 7) is 3.17. The van der Waals surface area contributed by atoms with Crippen molar-refractivity contribution in [1.82, 2.24) is 4.90 Å². The molecule has 2 aliphatic rings. The first-order chi connectivity index (χ1) is 7.75. The summed E-state index contributed by atoms with van der Waals surface area (Å²) in [6.07, 6.45) is 5.47. The van der Waals surface area contributed by atoms with E-state index in [-0.39, 0.29) is 5.78 Å². The van der Waals surface area contributed by atoms with Gasteiger partial charge in [-0.3, -0.25) is 9.69 Å². The fraction of sp³-hybridized carbons (Fsp3) is 0.750. The zero-order valence-electron chi connectivity index (χ0n) is 9.65. The molecule has 0 aromatic heterocycles. The fourth-order valence-corrected chi connectivity index (χ4v) is 2.19. The van der Waals surface area contributed by atoms with Crippen molar-refractivity contribution in [3.8, 4) is 0 Å². The van der Waals surface area contributed by atoms with Crippen LogP contribution in [0.25, 0.3) is 0 Å². The maximum absolute atomic E-state index is 11.9. The van der Waals surface area contributed by atoms with E-state index in [2.05, 4.69) is 4.90 Å². The fourth-order valence-electron chi connectivity index (χ4n) is 2.19. The van der Waals surface area contributed by atoms with E-state index in [1.54, 1.807) is 6.26 Å². The Bertz CT molecular complexity index is 281. The Morgan fingerprint density at radius 3 is 2.88 bits per heavy atom. The highest BCUT2D eigenvalue weighted by Gasteiger charge is 2.20. The number of piperidine rings is 1. The van der Waals surface area contributed by atoms with Gasteiger partial charge in [0.25, 0.3) is 0 Å². The van der Waals surface area contributed by atoms with Crippen molar-refractivity contribution in [3.05, 3.63) is 11.8 Å². The number of hydrogen-bond donors (Lipinski definition) is 1. The third kappa shape index (κ3) is 3.06. The van der Waals surface area contributed by atoms with Gasteiger partial charge in [-0.1, -0.05) is 0 Å². The van der Waals surface area contributed by atoms with E-state index in [0.717, 1.165) is 51.0 Å². The molecule has 0 radical (unpaired) electrons. The second kappa shape index (κ2) is 5.46. The zero-order valence-corrected chi connectivity index (χ0v) is 9.65. The molecule has 16 heavy (non-hydrogen) atoms. The van der Waals surface area contributed by atoms with Crippen LogP contribution in [0.4, 0.5) is 0 Å². The molecule has 2 N–H and O–H groups in total. The predicted molar refractivity (Wildman–Crippen MR) is 61.9 cm³/mol. The van der Waals surface area contributed by atoms with Gasteiger partial charge in [0.15, 0.2) is 5.78 Å². The minimum atomic E-state index is 0.218. The molecule has 0 aromatic rings. The highest BCUT2D eigenvalue weighted by Crippen LogP contribution is 2.15. The normalized spacial score (nSPS) is 23.7. The molecule has 0 saturated carbocycles. The molecule has 4 heteroatoms. The largest absolute Gasteiger partial charge is 0.501 e. The third-order valence-electron chi connectivity index (χ3n) is 3.29. The van der Waals surface area contributed by atoms with E-state index < -0.39 is 0 Å². The van der Waals surface area contributed by atoms with Crippen molar-refractivity contribution < 1.29 is 9.53 Å². The molecule has 0 aromatic carbocycles. The van der Waals surface area contributed by atoms with Crippen molar-refractivity contribution in [2.24, 2.45) is 5.73 Å². The van der Waals surface area contributed by atoms with Crippen molar-refractivity contribution in [1.29, 1.82) is 0 Å². The number of hydrogen-bond acceptors (Lipinski definition) is 4. The average Bonchev–Trinajstić information content (AvgIpc) is 2.33. The summed E-state index contributed by atoms with van der Waals surface area (Å²) < 4.78 is 5.19. The summed E-state index contributed by atoms with van der Waals surface area (Å²) in [4.78, 5) is 14.1. The number of carbonyl (C=O) groups excluding carboxylic acids is 1. The smallest absolute Gasteiger partial charge is 0.175 e. The molecule has 0 atom stereocenters. The quantitative estimate of drug-likeness (QED) is 0.765. The first kappa shape index (κ1) is 11.6. The Morgan fingerprint density at radius 1 is 1.50 bits per heavy atom. The standard InChI is InChI=1S/C12H20N2O2/c13-11-3-5-14(6-4-11)8-12(15)10-2-1-7-16-9-10/h9,11H,1-8,13H2. The first-order valence-corrected chi connectivity index (χ1v) is 6.07. The number of ketones is 1. The van der Waals surface area contributed by atoms with Gasteiger partial charge in [-0.05, 0) is 25.7 Å². The number of likely N-dealkylation sites (tertiary alicyclic amines) is 1. The zero-order chi connectivity index (χ0) is 11.4. The van der Waals surface area contributed by atoms with Crippen LogP contribution in [0.5, 0.6) is 0 Å². The number of ether oxygens (including phenoxy) is 1. The van der Waals surface area contributed by atoms with Crippen LogP contribution < -0.4 is 5.73 Å². The van der Waals surface area contributed by atoms with Crippen LogP contribution in [0.1, 0.15) is 25.7 Å². The second-order valence-corrected chi connectivity index (χ2v) is 4.65. The van der Waals surface area contributed by atoms with Gasteiger partial charge in [0.05, 0.1) is 19.4 Å². The predicted octanol–water partition coefficient (Wildman–Crippen LogP) is 0.673. The monoisotopic (exact) mass is 224 g/mol. The second-order valence-electron chi connectivity index (χ2n) is 4.65. The molecule has 2 heterocycles. The lowest BCUT2D eigenvalue weighted by molar-refractivity contribution is -0.117. The SMILES string of the molecule is NC1CCN(CC(=O)C2=COCCC2)CC1. The number of nitrogens with zero attached hydrogens (tertiary/aromatic N) is 1. The lowest BCUT2D eigenvalue weighted by atomic mass is 10.0.